The van der Waals surface area contributed by atoms with Gasteiger partial charge in [0.15, 0.2) is 0 Å². The highest BCUT2D eigenvalue weighted by molar-refractivity contribution is 7.89. The van der Waals surface area contributed by atoms with E-state index >= 15 is 0 Å². The average Bonchev–Trinajstić information content (AvgIpc) is 2.94. The Balaban J connectivity index is 1.86. The minimum Gasteiger partial charge on any atom is -0.295 e. The predicted octanol–water partition coefficient (Wildman–Crippen LogP) is 0.881. The SMILES string of the molecule is Cc1[nH]ncc1S(=O)(=O)NCC1CCN(CC(F)(F)F)C1. The van der Waals surface area contributed by atoms with Crippen molar-refractivity contribution in [3.8, 4) is 0 Å². The highest BCUT2D eigenvalue weighted by Crippen LogP contribution is 2.22. The maximum atomic E-state index is 12.3. The highest BCUT2D eigenvalue weighted by atomic mass is 32.2. The Labute approximate surface area is 120 Å². The van der Waals surface area contributed by atoms with Crippen LogP contribution in [-0.2, 0) is 10.0 Å². The summed E-state index contributed by atoms with van der Waals surface area (Å²) in [6.45, 7) is 1.34. The van der Waals surface area contributed by atoms with Crippen molar-refractivity contribution < 1.29 is 21.6 Å². The van der Waals surface area contributed by atoms with E-state index in [-0.39, 0.29) is 23.9 Å². The molecule has 1 aromatic rings. The molecule has 1 atom stereocenters. The number of likely N-dealkylation sites (tertiary alicyclic amines) is 1. The van der Waals surface area contributed by atoms with Crippen LogP contribution in [-0.4, -0.2) is 55.9 Å². The summed E-state index contributed by atoms with van der Waals surface area (Å²) >= 11 is 0. The number of sulfonamides is 1. The molecule has 2 N–H and O–H groups in total. The molecule has 0 aromatic carbocycles. The molecule has 0 aliphatic carbocycles. The zero-order chi connectivity index (χ0) is 15.7. The second kappa shape index (κ2) is 5.93. The molecule has 1 unspecified atom stereocenters. The zero-order valence-electron chi connectivity index (χ0n) is 11.4. The molecular weight excluding hydrogens is 309 g/mol. The van der Waals surface area contributed by atoms with Gasteiger partial charge in [-0.3, -0.25) is 10.00 Å². The first-order valence-corrected chi connectivity index (χ1v) is 7.94. The number of hydrogen-bond donors (Lipinski definition) is 2. The molecule has 2 rings (SSSR count). The van der Waals surface area contributed by atoms with Crippen molar-refractivity contribution in [2.45, 2.75) is 24.4 Å². The number of aryl methyl sites for hydroxylation is 1. The third-order valence-electron chi connectivity index (χ3n) is 3.41. The van der Waals surface area contributed by atoms with Crippen LogP contribution in [0.4, 0.5) is 13.2 Å². The standard InChI is InChI=1S/C11H17F3N4O2S/c1-8-10(5-15-17-8)21(19,20)16-4-9-2-3-18(6-9)7-11(12,13)14/h5,9,16H,2-4,6-7H2,1H3,(H,15,17). The number of halogens is 3. The van der Waals surface area contributed by atoms with Crippen LogP contribution in [0.1, 0.15) is 12.1 Å². The quantitative estimate of drug-likeness (QED) is 0.842. The van der Waals surface area contributed by atoms with Crippen molar-refractivity contribution in [1.82, 2.24) is 19.8 Å². The summed E-state index contributed by atoms with van der Waals surface area (Å²) in [5.74, 6) is -0.116. The molecule has 1 saturated heterocycles. The molecule has 1 aliphatic rings. The number of rotatable bonds is 5. The molecule has 0 radical (unpaired) electrons. The van der Waals surface area contributed by atoms with Gasteiger partial charge in [0.05, 0.1) is 18.4 Å². The van der Waals surface area contributed by atoms with E-state index in [1.54, 1.807) is 6.92 Å². The predicted molar refractivity (Wildman–Crippen MR) is 69.1 cm³/mol. The van der Waals surface area contributed by atoms with Crippen LogP contribution in [0.15, 0.2) is 11.1 Å². The number of aromatic amines is 1. The Hall–Kier alpha value is -1.13. The number of nitrogens with zero attached hydrogens (tertiary/aromatic N) is 2. The molecule has 0 spiro atoms. The van der Waals surface area contributed by atoms with Crippen LogP contribution < -0.4 is 4.72 Å². The lowest BCUT2D eigenvalue weighted by molar-refractivity contribution is -0.143. The van der Waals surface area contributed by atoms with E-state index in [2.05, 4.69) is 14.9 Å². The summed E-state index contributed by atoms with van der Waals surface area (Å²) in [7, 11) is -3.67. The third-order valence-corrected chi connectivity index (χ3v) is 4.95. The van der Waals surface area contributed by atoms with Crippen molar-refractivity contribution in [3.63, 3.8) is 0 Å². The lowest BCUT2D eigenvalue weighted by atomic mass is 10.1. The van der Waals surface area contributed by atoms with Gasteiger partial charge >= 0.3 is 6.18 Å². The first kappa shape index (κ1) is 16.2. The molecule has 0 bridgehead atoms. The monoisotopic (exact) mass is 326 g/mol. The zero-order valence-corrected chi connectivity index (χ0v) is 12.3. The number of aromatic nitrogens is 2. The van der Waals surface area contributed by atoms with Crippen LogP contribution in [0, 0.1) is 12.8 Å². The fraction of sp³-hybridized carbons (Fsp3) is 0.727. The fourth-order valence-corrected chi connectivity index (χ4v) is 3.64. The van der Waals surface area contributed by atoms with Gasteiger partial charge in [-0.15, -0.1) is 0 Å². The molecule has 6 nitrogen and oxygen atoms in total. The van der Waals surface area contributed by atoms with Crippen LogP contribution in [0.25, 0.3) is 0 Å². The number of alkyl halides is 3. The van der Waals surface area contributed by atoms with Gasteiger partial charge in [0.25, 0.3) is 0 Å². The normalized spacial score (nSPS) is 21.0. The van der Waals surface area contributed by atoms with E-state index in [4.69, 9.17) is 0 Å². The first-order valence-electron chi connectivity index (χ1n) is 6.46. The fourth-order valence-electron chi connectivity index (χ4n) is 2.39. The Morgan fingerprint density at radius 3 is 2.81 bits per heavy atom. The van der Waals surface area contributed by atoms with E-state index in [0.717, 1.165) is 0 Å². The minimum atomic E-state index is -4.22. The van der Waals surface area contributed by atoms with Crippen molar-refractivity contribution in [2.24, 2.45) is 5.92 Å². The van der Waals surface area contributed by atoms with E-state index in [1.165, 1.54) is 11.1 Å². The van der Waals surface area contributed by atoms with Crippen LogP contribution >= 0.6 is 0 Å². The highest BCUT2D eigenvalue weighted by Gasteiger charge is 2.34. The van der Waals surface area contributed by atoms with Crippen molar-refractivity contribution in [1.29, 1.82) is 0 Å². The van der Waals surface area contributed by atoms with Gasteiger partial charge in [0, 0.05) is 13.1 Å². The summed E-state index contributed by atoms with van der Waals surface area (Å²) in [6, 6.07) is 0. The average molecular weight is 326 g/mol. The van der Waals surface area contributed by atoms with Crippen molar-refractivity contribution >= 4 is 10.0 Å². The maximum Gasteiger partial charge on any atom is 0.401 e. The number of H-pyrrole nitrogens is 1. The Morgan fingerprint density at radius 2 is 2.24 bits per heavy atom. The van der Waals surface area contributed by atoms with E-state index in [0.29, 0.717) is 18.7 Å². The van der Waals surface area contributed by atoms with Gasteiger partial charge in [0.2, 0.25) is 10.0 Å². The van der Waals surface area contributed by atoms with Gasteiger partial charge in [0.1, 0.15) is 4.90 Å². The second-order valence-corrected chi connectivity index (χ2v) is 6.95. The Morgan fingerprint density at radius 1 is 1.52 bits per heavy atom. The lowest BCUT2D eigenvalue weighted by Crippen LogP contribution is -2.34. The molecule has 21 heavy (non-hydrogen) atoms. The topological polar surface area (TPSA) is 78.1 Å². The number of hydrogen-bond acceptors (Lipinski definition) is 4. The van der Waals surface area contributed by atoms with E-state index < -0.39 is 22.7 Å². The van der Waals surface area contributed by atoms with Crippen LogP contribution in [0.2, 0.25) is 0 Å². The molecule has 10 heteroatoms. The summed E-state index contributed by atoms with van der Waals surface area (Å²) < 4.78 is 63.3. The molecule has 1 aliphatic heterocycles. The summed E-state index contributed by atoms with van der Waals surface area (Å²) in [5, 5.41) is 6.18. The van der Waals surface area contributed by atoms with Gasteiger partial charge in [-0.25, -0.2) is 13.1 Å². The molecule has 0 amide bonds. The van der Waals surface area contributed by atoms with Crippen molar-refractivity contribution in [2.75, 3.05) is 26.2 Å². The van der Waals surface area contributed by atoms with Gasteiger partial charge in [-0.1, -0.05) is 0 Å². The molecule has 1 fully saturated rings. The Kier molecular flexibility index (Phi) is 4.59. The first-order chi connectivity index (χ1) is 9.67. The third kappa shape index (κ3) is 4.42. The minimum absolute atomic E-state index is 0.0626. The van der Waals surface area contributed by atoms with E-state index in [9.17, 15) is 21.6 Å². The maximum absolute atomic E-state index is 12.3. The van der Waals surface area contributed by atoms with Gasteiger partial charge in [-0.05, 0) is 25.8 Å². The molecule has 0 saturated carbocycles. The summed E-state index contributed by atoms with van der Waals surface area (Å²) in [5.41, 5.74) is 0.424. The van der Waals surface area contributed by atoms with Crippen LogP contribution in [0.3, 0.4) is 0 Å². The molecule has 2 heterocycles. The second-order valence-electron chi connectivity index (χ2n) is 5.22. The Bertz CT molecular complexity index is 585. The molecule has 120 valence electrons. The molecular formula is C11H17F3N4O2S. The van der Waals surface area contributed by atoms with Gasteiger partial charge < -0.3 is 0 Å². The largest absolute Gasteiger partial charge is 0.401 e. The summed E-state index contributed by atoms with van der Waals surface area (Å²) in [4.78, 5) is 1.36. The van der Waals surface area contributed by atoms with Gasteiger partial charge in [-0.2, -0.15) is 18.3 Å². The van der Waals surface area contributed by atoms with Crippen LogP contribution in [0.5, 0.6) is 0 Å². The summed E-state index contributed by atoms with van der Waals surface area (Å²) in [6.07, 6.45) is -2.46. The van der Waals surface area contributed by atoms with Crippen molar-refractivity contribution in [3.05, 3.63) is 11.9 Å². The molecule has 1 aromatic heterocycles. The van der Waals surface area contributed by atoms with E-state index in [1.807, 2.05) is 0 Å². The number of nitrogens with one attached hydrogen (secondary N) is 2. The lowest BCUT2D eigenvalue weighted by Gasteiger charge is -2.18. The smallest absolute Gasteiger partial charge is 0.295 e.